The van der Waals surface area contributed by atoms with Crippen LogP contribution in [0.15, 0.2) is 0 Å². The molecular weight excluding hydrogens is 226 g/mol. The number of nitriles is 1. The Bertz CT molecular complexity index is 429. The van der Waals surface area contributed by atoms with Crippen molar-refractivity contribution in [1.82, 2.24) is 14.7 Å². The van der Waals surface area contributed by atoms with Crippen molar-refractivity contribution in [3.8, 4) is 6.07 Å². The Morgan fingerprint density at radius 2 is 2.22 bits per heavy atom. The van der Waals surface area contributed by atoms with Gasteiger partial charge < -0.3 is 5.32 Å². The molecule has 0 bridgehead atoms. The highest BCUT2D eigenvalue weighted by molar-refractivity contribution is 5.47. The van der Waals surface area contributed by atoms with Gasteiger partial charge in [-0.3, -0.25) is 9.58 Å². The van der Waals surface area contributed by atoms with E-state index in [1.165, 1.54) is 5.56 Å². The smallest absolute Gasteiger partial charge is 0.128 e. The van der Waals surface area contributed by atoms with Gasteiger partial charge in [-0.2, -0.15) is 10.4 Å². The van der Waals surface area contributed by atoms with Gasteiger partial charge in [0.05, 0.1) is 18.2 Å². The van der Waals surface area contributed by atoms with Crippen LogP contribution in [0.1, 0.15) is 31.5 Å². The fraction of sp³-hybridized carbons (Fsp3) is 0.692. The zero-order chi connectivity index (χ0) is 13.7. The van der Waals surface area contributed by atoms with Gasteiger partial charge in [0, 0.05) is 31.7 Å². The van der Waals surface area contributed by atoms with Crippen molar-refractivity contribution in [2.24, 2.45) is 7.05 Å². The lowest BCUT2D eigenvalue weighted by Crippen LogP contribution is -2.28. The molecule has 0 amide bonds. The number of nitrogens with one attached hydrogen (secondary N) is 1. The number of hydrogen-bond acceptors (Lipinski definition) is 4. The van der Waals surface area contributed by atoms with Crippen molar-refractivity contribution in [1.29, 1.82) is 5.26 Å². The van der Waals surface area contributed by atoms with Crippen LogP contribution in [0.5, 0.6) is 0 Å². The third kappa shape index (κ3) is 3.23. The SMILES string of the molecule is CCNc1c(CN(C)C(C)CC#N)c(C)nn1C. The lowest BCUT2D eigenvalue weighted by molar-refractivity contribution is 0.252. The highest BCUT2D eigenvalue weighted by Crippen LogP contribution is 2.21. The minimum Gasteiger partial charge on any atom is -0.370 e. The molecule has 100 valence electrons. The summed E-state index contributed by atoms with van der Waals surface area (Å²) >= 11 is 0. The van der Waals surface area contributed by atoms with Crippen LogP contribution in [0.3, 0.4) is 0 Å². The normalized spacial score (nSPS) is 12.5. The third-order valence-corrected chi connectivity index (χ3v) is 3.24. The Balaban J connectivity index is 2.86. The summed E-state index contributed by atoms with van der Waals surface area (Å²) in [5.41, 5.74) is 2.26. The average Bonchev–Trinajstić information content (AvgIpc) is 2.57. The third-order valence-electron chi connectivity index (χ3n) is 3.24. The Hall–Kier alpha value is -1.54. The molecule has 1 heterocycles. The van der Waals surface area contributed by atoms with Gasteiger partial charge in [0.1, 0.15) is 5.82 Å². The number of aromatic nitrogens is 2. The molecule has 1 atom stereocenters. The molecule has 1 rings (SSSR count). The summed E-state index contributed by atoms with van der Waals surface area (Å²) in [6, 6.07) is 2.47. The molecule has 0 saturated heterocycles. The molecule has 0 radical (unpaired) electrons. The van der Waals surface area contributed by atoms with Gasteiger partial charge in [-0.1, -0.05) is 0 Å². The maximum atomic E-state index is 8.74. The minimum absolute atomic E-state index is 0.254. The molecule has 5 heteroatoms. The van der Waals surface area contributed by atoms with E-state index in [-0.39, 0.29) is 6.04 Å². The second kappa shape index (κ2) is 6.41. The van der Waals surface area contributed by atoms with E-state index in [2.05, 4.69) is 35.2 Å². The van der Waals surface area contributed by atoms with Crippen LogP contribution in [0.2, 0.25) is 0 Å². The van der Waals surface area contributed by atoms with E-state index in [9.17, 15) is 0 Å². The Kier molecular flexibility index (Phi) is 5.17. The lowest BCUT2D eigenvalue weighted by atomic mass is 10.1. The molecule has 0 spiro atoms. The van der Waals surface area contributed by atoms with Gasteiger partial charge in [-0.05, 0) is 27.8 Å². The van der Waals surface area contributed by atoms with Crippen LogP contribution < -0.4 is 5.32 Å². The summed E-state index contributed by atoms with van der Waals surface area (Å²) in [6.45, 7) is 7.86. The van der Waals surface area contributed by atoms with E-state index in [0.717, 1.165) is 24.6 Å². The minimum atomic E-state index is 0.254. The summed E-state index contributed by atoms with van der Waals surface area (Å²) in [5, 5.41) is 16.5. The molecule has 18 heavy (non-hydrogen) atoms. The van der Waals surface area contributed by atoms with Gasteiger partial charge in [0.15, 0.2) is 0 Å². The van der Waals surface area contributed by atoms with Crippen molar-refractivity contribution in [3.05, 3.63) is 11.3 Å². The van der Waals surface area contributed by atoms with Gasteiger partial charge in [-0.15, -0.1) is 0 Å². The van der Waals surface area contributed by atoms with Crippen LogP contribution in [0.4, 0.5) is 5.82 Å². The van der Waals surface area contributed by atoms with Crippen LogP contribution in [0.25, 0.3) is 0 Å². The molecule has 0 saturated carbocycles. The predicted molar refractivity (Wildman–Crippen MR) is 73.3 cm³/mol. The predicted octanol–water partition coefficient (Wildman–Crippen LogP) is 1.89. The van der Waals surface area contributed by atoms with Crippen LogP contribution in [0, 0.1) is 18.3 Å². The standard InChI is InChI=1S/C13H23N5/c1-6-15-13-12(11(3)16-18(13)5)9-17(4)10(2)7-8-14/h10,15H,6-7,9H2,1-5H3. The lowest BCUT2D eigenvalue weighted by Gasteiger charge is -2.23. The number of nitrogens with zero attached hydrogens (tertiary/aromatic N) is 4. The molecule has 1 aromatic rings. The topological polar surface area (TPSA) is 56.9 Å². The van der Waals surface area contributed by atoms with Crippen molar-refractivity contribution in [3.63, 3.8) is 0 Å². The number of rotatable bonds is 6. The van der Waals surface area contributed by atoms with Gasteiger partial charge in [-0.25, -0.2) is 0 Å². The number of hydrogen-bond donors (Lipinski definition) is 1. The summed E-state index contributed by atoms with van der Waals surface area (Å²) in [4.78, 5) is 2.19. The zero-order valence-corrected chi connectivity index (χ0v) is 12.0. The molecule has 5 nitrogen and oxygen atoms in total. The van der Waals surface area contributed by atoms with Crippen LogP contribution in [-0.4, -0.2) is 34.3 Å². The highest BCUT2D eigenvalue weighted by Gasteiger charge is 2.17. The summed E-state index contributed by atoms with van der Waals surface area (Å²) in [7, 11) is 4.00. The van der Waals surface area contributed by atoms with Crippen LogP contribution in [-0.2, 0) is 13.6 Å². The summed E-state index contributed by atoms with van der Waals surface area (Å²) in [5.74, 6) is 1.08. The van der Waals surface area contributed by atoms with E-state index in [1.54, 1.807) is 0 Å². The van der Waals surface area contributed by atoms with Gasteiger partial charge in [0.25, 0.3) is 0 Å². The molecule has 1 aromatic heterocycles. The number of anilines is 1. The maximum absolute atomic E-state index is 8.74. The highest BCUT2D eigenvalue weighted by atomic mass is 15.3. The second-order valence-corrected chi connectivity index (χ2v) is 4.69. The Morgan fingerprint density at radius 3 is 2.78 bits per heavy atom. The Labute approximate surface area is 109 Å². The largest absolute Gasteiger partial charge is 0.370 e. The molecule has 1 N–H and O–H groups in total. The second-order valence-electron chi connectivity index (χ2n) is 4.69. The monoisotopic (exact) mass is 249 g/mol. The summed E-state index contributed by atoms with van der Waals surface area (Å²) in [6.07, 6.45) is 0.548. The van der Waals surface area contributed by atoms with Crippen molar-refractivity contribution in [2.45, 2.75) is 39.8 Å². The molecule has 0 aromatic carbocycles. The van der Waals surface area contributed by atoms with Gasteiger partial charge >= 0.3 is 0 Å². The fourth-order valence-electron chi connectivity index (χ4n) is 1.97. The Morgan fingerprint density at radius 1 is 1.56 bits per heavy atom. The number of aryl methyl sites for hydroxylation is 2. The molecule has 1 unspecified atom stereocenters. The van der Waals surface area contributed by atoms with Gasteiger partial charge in [0.2, 0.25) is 0 Å². The first-order chi connectivity index (χ1) is 8.51. The molecule has 0 aliphatic carbocycles. The molecule has 0 aliphatic heterocycles. The van der Waals surface area contributed by atoms with E-state index < -0.39 is 0 Å². The molecule has 0 fully saturated rings. The van der Waals surface area contributed by atoms with Crippen molar-refractivity contribution in [2.75, 3.05) is 18.9 Å². The first-order valence-corrected chi connectivity index (χ1v) is 6.34. The zero-order valence-electron chi connectivity index (χ0n) is 12.0. The first kappa shape index (κ1) is 14.5. The maximum Gasteiger partial charge on any atom is 0.128 e. The molecule has 0 aliphatic rings. The van der Waals surface area contributed by atoms with E-state index in [1.807, 2.05) is 25.7 Å². The first-order valence-electron chi connectivity index (χ1n) is 6.34. The van der Waals surface area contributed by atoms with Crippen LogP contribution >= 0.6 is 0 Å². The van der Waals surface area contributed by atoms with E-state index >= 15 is 0 Å². The van der Waals surface area contributed by atoms with Crippen molar-refractivity contribution >= 4 is 5.82 Å². The summed E-state index contributed by atoms with van der Waals surface area (Å²) < 4.78 is 1.89. The fourth-order valence-corrected chi connectivity index (χ4v) is 1.97. The van der Waals surface area contributed by atoms with E-state index in [0.29, 0.717) is 6.42 Å². The molecular formula is C13H23N5. The average molecular weight is 249 g/mol. The quantitative estimate of drug-likeness (QED) is 0.836. The van der Waals surface area contributed by atoms with Crippen molar-refractivity contribution < 1.29 is 0 Å². The van der Waals surface area contributed by atoms with E-state index in [4.69, 9.17) is 5.26 Å².